The van der Waals surface area contributed by atoms with Gasteiger partial charge in [-0.05, 0) is 73.7 Å². The SMILES string of the molecule is CS(=O)(=O)c1ccc2c(c1)CCCN2C(=O)C1CCCN(C(=O)c2ccc(Cl)cc2)C1. The molecule has 2 aliphatic rings. The molecule has 1 fully saturated rings. The number of likely N-dealkylation sites (tertiary alicyclic amines) is 1. The van der Waals surface area contributed by atoms with Crippen molar-refractivity contribution in [1.29, 1.82) is 0 Å². The average Bonchev–Trinajstić information content (AvgIpc) is 2.77. The molecule has 164 valence electrons. The Bertz CT molecular complexity index is 1110. The fourth-order valence-corrected chi connectivity index (χ4v) is 5.19. The first-order valence-electron chi connectivity index (χ1n) is 10.4. The molecule has 0 bridgehead atoms. The number of carbonyl (C=O) groups is 2. The number of fused-ring (bicyclic) bond motifs is 1. The van der Waals surface area contributed by atoms with Gasteiger partial charge in [-0.25, -0.2) is 8.42 Å². The first-order valence-corrected chi connectivity index (χ1v) is 12.7. The number of sulfone groups is 1. The number of rotatable bonds is 3. The summed E-state index contributed by atoms with van der Waals surface area (Å²) in [5, 5.41) is 0.575. The van der Waals surface area contributed by atoms with Crippen LogP contribution in [0, 0.1) is 5.92 Å². The minimum Gasteiger partial charge on any atom is -0.338 e. The van der Waals surface area contributed by atoms with Crippen LogP contribution in [0.25, 0.3) is 0 Å². The van der Waals surface area contributed by atoms with E-state index in [2.05, 4.69) is 0 Å². The van der Waals surface area contributed by atoms with Crippen LogP contribution >= 0.6 is 11.6 Å². The summed E-state index contributed by atoms with van der Waals surface area (Å²) >= 11 is 5.92. The van der Waals surface area contributed by atoms with E-state index in [1.807, 2.05) is 0 Å². The molecule has 6 nitrogen and oxygen atoms in total. The van der Waals surface area contributed by atoms with Crippen molar-refractivity contribution in [3.63, 3.8) is 0 Å². The second-order valence-electron chi connectivity index (χ2n) is 8.25. The predicted octanol–water partition coefficient (Wildman–Crippen LogP) is 3.58. The highest BCUT2D eigenvalue weighted by Crippen LogP contribution is 2.32. The molecule has 31 heavy (non-hydrogen) atoms. The topological polar surface area (TPSA) is 74.8 Å². The van der Waals surface area contributed by atoms with Gasteiger partial charge in [-0.2, -0.15) is 0 Å². The number of amides is 2. The standard InChI is InChI=1S/C23H25ClN2O4S/c1-31(29,30)20-10-11-21-17(14-20)4-3-13-26(21)23(28)18-5-2-12-25(15-18)22(27)16-6-8-19(24)9-7-16/h6-11,14,18H,2-5,12-13,15H2,1H3. The van der Waals surface area contributed by atoms with Gasteiger partial charge >= 0.3 is 0 Å². The molecule has 0 spiro atoms. The Kier molecular flexibility index (Phi) is 6.08. The molecule has 2 aromatic rings. The van der Waals surface area contributed by atoms with Crippen molar-refractivity contribution in [2.45, 2.75) is 30.6 Å². The molecule has 1 saturated heterocycles. The van der Waals surface area contributed by atoms with E-state index in [-0.39, 0.29) is 22.6 Å². The summed E-state index contributed by atoms with van der Waals surface area (Å²) in [4.78, 5) is 30.1. The van der Waals surface area contributed by atoms with Crippen LogP contribution in [0.4, 0.5) is 5.69 Å². The second-order valence-corrected chi connectivity index (χ2v) is 10.7. The molecule has 0 radical (unpaired) electrons. The summed E-state index contributed by atoms with van der Waals surface area (Å²) in [5.41, 5.74) is 2.23. The second kappa shape index (κ2) is 8.63. The summed E-state index contributed by atoms with van der Waals surface area (Å²) < 4.78 is 23.8. The Morgan fingerprint density at radius 1 is 1.03 bits per heavy atom. The molecule has 0 aromatic heterocycles. The Hall–Kier alpha value is -2.38. The number of nitrogens with zero attached hydrogens (tertiary/aromatic N) is 2. The molecule has 0 N–H and O–H groups in total. The number of carbonyl (C=O) groups excluding carboxylic acids is 2. The minimum absolute atomic E-state index is 0.00154. The summed E-state index contributed by atoms with van der Waals surface area (Å²) in [6.45, 7) is 1.61. The Morgan fingerprint density at radius 3 is 2.48 bits per heavy atom. The lowest BCUT2D eigenvalue weighted by Gasteiger charge is -2.37. The molecule has 1 atom stereocenters. The van der Waals surface area contributed by atoms with Gasteiger partial charge in [0, 0.05) is 42.2 Å². The predicted molar refractivity (Wildman–Crippen MR) is 120 cm³/mol. The fraction of sp³-hybridized carbons (Fsp3) is 0.391. The van der Waals surface area contributed by atoms with Gasteiger partial charge in [-0.1, -0.05) is 11.6 Å². The number of hydrogen-bond donors (Lipinski definition) is 0. The molecule has 4 rings (SSSR count). The number of halogens is 1. The zero-order chi connectivity index (χ0) is 22.2. The average molecular weight is 461 g/mol. The summed E-state index contributed by atoms with van der Waals surface area (Å²) in [6.07, 6.45) is 4.22. The van der Waals surface area contributed by atoms with Crippen LogP contribution in [0.1, 0.15) is 35.2 Å². The summed E-state index contributed by atoms with van der Waals surface area (Å²) in [5.74, 6) is -0.363. The fourth-order valence-electron chi connectivity index (χ4n) is 4.39. The first kappa shape index (κ1) is 21.8. The third kappa shape index (κ3) is 4.62. The van der Waals surface area contributed by atoms with E-state index in [0.29, 0.717) is 30.2 Å². The first-order chi connectivity index (χ1) is 14.7. The largest absolute Gasteiger partial charge is 0.338 e. The van der Waals surface area contributed by atoms with Crippen molar-refractivity contribution in [3.8, 4) is 0 Å². The molecule has 0 saturated carbocycles. The Morgan fingerprint density at radius 2 is 1.77 bits per heavy atom. The summed E-state index contributed by atoms with van der Waals surface area (Å²) in [7, 11) is -3.30. The minimum atomic E-state index is -3.30. The number of aryl methyl sites for hydroxylation is 1. The maximum atomic E-state index is 13.4. The molecule has 2 heterocycles. The third-order valence-corrected chi connectivity index (χ3v) is 7.38. The van der Waals surface area contributed by atoms with Crippen LogP contribution in [0.3, 0.4) is 0 Å². The lowest BCUT2D eigenvalue weighted by molar-refractivity contribution is -0.123. The van der Waals surface area contributed by atoms with Gasteiger partial charge in [-0.15, -0.1) is 0 Å². The zero-order valence-corrected chi connectivity index (χ0v) is 19.0. The monoisotopic (exact) mass is 460 g/mol. The van der Waals surface area contributed by atoms with Crippen molar-refractivity contribution in [2.24, 2.45) is 5.92 Å². The lowest BCUT2D eigenvalue weighted by Crippen LogP contribution is -2.48. The number of anilines is 1. The smallest absolute Gasteiger partial charge is 0.253 e. The van der Waals surface area contributed by atoms with Crippen LogP contribution in [-0.2, 0) is 21.1 Å². The normalized spacial score (nSPS) is 19.1. The number of piperidine rings is 1. The van der Waals surface area contributed by atoms with E-state index in [0.717, 1.165) is 36.9 Å². The van der Waals surface area contributed by atoms with Crippen molar-refractivity contribution in [3.05, 3.63) is 58.6 Å². The highest BCUT2D eigenvalue weighted by atomic mass is 35.5. The van der Waals surface area contributed by atoms with Gasteiger partial charge in [0.05, 0.1) is 10.8 Å². The van der Waals surface area contributed by atoms with Crippen LogP contribution in [0.5, 0.6) is 0 Å². The highest BCUT2D eigenvalue weighted by molar-refractivity contribution is 7.90. The van der Waals surface area contributed by atoms with E-state index in [1.54, 1.807) is 52.3 Å². The molecule has 1 unspecified atom stereocenters. The van der Waals surface area contributed by atoms with Crippen molar-refractivity contribution < 1.29 is 18.0 Å². The number of hydrogen-bond acceptors (Lipinski definition) is 4. The van der Waals surface area contributed by atoms with Crippen LogP contribution < -0.4 is 4.90 Å². The van der Waals surface area contributed by atoms with E-state index in [1.165, 1.54) is 6.26 Å². The zero-order valence-electron chi connectivity index (χ0n) is 17.4. The molecule has 2 aromatic carbocycles. The van der Waals surface area contributed by atoms with E-state index in [9.17, 15) is 18.0 Å². The molecule has 0 aliphatic carbocycles. The van der Waals surface area contributed by atoms with Crippen molar-refractivity contribution in [2.75, 3.05) is 30.8 Å². The molecule has 2 amide bonds. The van der Waals surface area contributed by atoms with Crippen molar-refractivity contribution >= 4 is 38.9 Å². The Labute approximate surface area is 187 Å². The van der Waals surface area contributed by atoms with E-state index in [4.69, 9.17) is 11.6 Å². The van der Waals surface area contributed by atoms with Crippen LogP contribution in [-0.4, -0.2) is 51.0 Å². The summed E-state index contributed by atoms with van der Waals surface area (Å²) in [6, 6.07) is 11.8. The van der Waals surface area contributed by atoms with Gasteiger partial charge in [0.1, 0.15) is 0 Å². The van der Waals surface area contributed by atoms with Gasteiger partial charge in [0.25, 0.3) is 5.91 Å². The quantitative estimate of drug-likeness (QED) is 0.701. The van der Waals surface area contributed by atoms with Gasteiger partial charge in [0.2, 0.25) is 5.91 Å². The van der Waals surface area contributed by atoms with E-state index < -0.39 is 9.84 Å². The maximum Gasteiger partial charge on any atom is 0.253 e. The van der Waals surface area contributed by atoms with Crippen LogP contribution in [0.15, 0.2) is 47.4 Å². The van der Waals surface area contributed by atoms with Crippen LogP contribution in [0.2, 0.25) is 5.02 Å². The molecule has 2 aliphatic heterocycles. The Balaban J connectivity index is 1.52. The molecular formula is C23H25ClN2O4S. The van der Waals surface area contributed by atoms with Gasteiger partial charge < -0.3 is 9.80 Å². The third-order valence-electron chi connectivity index (χ3n) is 6.01. The van der Waals surface area contributed by atoms with Crippen molar-refractivity contribution in [1.82, 2.24) is 4.90 Å². The lowest BCUT2D eigenvalue weighted by atomic mass is 9.93. The molecular weight excluding hydrogens is 436 g/mol. The number of benzene rings is 2. The van der Waals surface area contributed by atoms with Gasteiger partial charge in [0.15, 0.2) is 9.84 Å². The van der Waals surface area contributed by atoms with E-state index >= 15 is 0 Å². The highest BCUT2D eigenvalue weighted by Gasteiger charge is 2.34. The van der Waals surface area contributed by atoms with Gasteiger partial charge in [-0.3, -0.25) is 9.59 Å². The molecule has 8 heteroatoms. The maximum absolute atomic E-state index is 13.4.